The van der Waals surface area contributed by atoms with Gasteiger partial charge in [-0.3, -0.25) is 9.69 Å². The van der Waals surface area contributed by atoms with Crippen LogP contribution >= 0.6 is 0 Å². The molecule has 1 saturated heterocycles. The molecule has 0 aliphatic carbocycles. The zero-order chi connectivity index (χ0) is 14.5. The first-order valence-electron chi connectivity index (χ1n) is 7.34. The zero-order valence-electron chi connectivity index (χ0n) is 12.0. The summed E-state index contributed by atoms with van der Waals surface area (Å²) in [5.41, 5.74) is 1.09. The van der Waals surface area contributed by atoms with Gasteiger partial charge < -0.3 is 10.2 Å². The highest BCUT2D eigenvalue weighted by Crippen LogP contribution is 2.31. The molecule has 2 unspecified atom stereocenters. The summed E-state index contributed by atoms with van der Waals surface area (Å²) < 4.78 is 0. The van der Waals surface area contributed by atoms with Gasteiger partial charge in [-0.15, -0.1) is 0 Å². The van der Waals surface area contributed by atoms with Gasteiger partial charge >= 0.3 is 5.97 Å². The normalized spacial score (nSPS) is 21.6. The lowest BCUT2D eigenvalue weighted by Crippen LogP contribution is -2.41. The fourth-order valence-electron chi connectivity index (χ4n) is 3.11. The van der Waals surface area contributed by atoms with E-state index in [-0.39, 0.29) is 18.2 Å². The van der Waals surface area contributed by atoms with Crippen molar-refractivity contribution in [1.82, 2.24) is 4.90 Å². The van der Waals surface area contributed by atoms with Gasteiger partial charge in [-0.1, -0.05) is 18.6 Å². The molecule has 0 amide bonds. The first-order valence-corrected chi connectivity index (χ1v) is 7.34. The van der Waals surface area contributed by atoms with Crippen LogP contribution in [0.25, 0.3) is 0 Å². The summed E-state index contributed by atoms with van der Waals surface area (Å²) in [6.45, 7) is 3.13. The molecule has 2 N–H and O–H groups in total. The fourth-order valence-corrected chi connectivity index (χ4v) is 3.11. The van der Waals surface area contributed by atoms with Crippen molar-refractivity contribution in [1.29, 1.82) is 0 Å². The second-order valence-electron chi connectivity index (χ2n) is 5.59. The molecule has 0 spiro atoms. The third-order valence-electron chi connectivity index (χ3n) is 4.21. The van der Waals surface area contributed by atoms with Crippen molar-refractivity contribution in [2.24, 2.45) is 0 Å². The number of benzene rings is 1. The number of aliphatic carboxylic acids is 1. The fraction of sp³-hybridized carbons (Fsp3) is 0.562. The number of likely N-dealkylation sites (tertiary alicyclic amines) is 1. The van der Waals surface area contributed by atoms with Crippen LogP contribution in [-0.2, 0) is 4.79 Å². The monoisotopic (exact) mass is 277 g/mol. The number of carboxylic acid groups (broad SMARTS) is 1. The van der Waals surface area contributed by atoms with E-state index in [1.807, 2.05) is 12.1 Å². The number of hydrogen-bond acceptors (Lipinski definition) is 3. The third kappa shape index (κ3) is 3.73. The smallest absolute Gasteiger partial charge is 0.303 e. The Morgan fingerprint density at radius 2 is 2.25 bits per heavy atom. The summed E-state index contributed by atoms with van der Waals surface area (Å²) in [6.07, 6.45) is 4.34. The predicted octanol–water partition coefficient (Wildman–Crippen LogP) is 3.17. The summed E-state index contributed by atoms with van der Waals surface area (Å²) in [6, 6.07) is 7.89. The number of phenols is 1. The van der Waals surface area contributed by atoms with E-state index in [9.17, 15) is 9.90 Å². The maximum Gasteiger partial charge on any atom is 0.303 e. The van der Waals surface area contributed by atoms with E-state index in [1.54, 1.807) is 12.1 Å². The molecule has 4 heteroatoms. The minimum atomic E-state index is -0.722. The molecule has 20 heavy (non-hydrogen) atoms. The Morgan fingerprint density at radius 1 is 1.45 bits per heavy atom. The van der Waals surface area contributed by atoms with Gasteiger partial charge in [0.1, 0.15) is 5.75 Å². The summed E-state index contributed by atoms with van der Waals surface area (Å²) in [5, 5.41) is 18.5. The van der Waals surface area contributed by atoms with E-state index in [0.29, 0.717) is 12.5 Å². The van der Waals surface area contributed by atoms with Gasteiger partial charge in [0.05, 0.1) is 0 Å². The molecule has 1 aromatic rings. The molecule has 0 saturated carbocycles. The number of nitrogens with zero attached hydrogens (tertiary/aromatic N) is 1. The van der Waals surface area contributed by atoms with Crippen molar-refractivity contribution in [3.05, 3.63) is 29.8 Å². The molecule has 0 bridgehead atoms. The van der Waals surface area contributed by atoms with E-state index < -0.39 is 5.97 Å². The lowest BCUT2D eigenvalue weighted by molar-refractivity contribution is -0.137. The summed E-state index contributed by atoms with van der Waals surface area (Å²) >= 11 is 0. The second-order valence-corrected chi connectivity index (χ2v) is 5.59. The number of piperidine rings is 1. The maximum absolute atomic E-state index is 10.8. The Hall–Kier alpha value is -1.55. The summed E-state index contributed by atoms with van der Waals surface area (Å²) in [5.74, 6) is -0.436. The average Bonchev–Trinajstić information content (AvgIpc) is 2.44. The molecule has 0 aromatic heterocycles. The molecule has 4 nitrogen and oxygen atoms in total. The van der Waals surface area contributed by atoms with Crippen molar-refractivity contribution in [3.63, 3.8) is 0 Å². The molecule has 2 rings (SSSR count). The van der Waals surface area contributed by atoms with Gasteiger partial charge in [0.25, 0.3) is 0 Å². The van der Waals surface area contributed by atoms with Gasteiger partial charge in [-0.05, 0) is 50.4 Å². The third-order valence-corrected chi connectivity index (χ3v) is 4.21. The molecule has 110 valence electrons. The Labute approximate surface area is 120 Å². The second kappa shape index (κ2) is 6.75. The molecule has 1 aliphatic rings. The topological polar surface area (TPSA) is 60.8 Å². The Morgan fingerprint density at radius 3 is 2.95 bits per heavy atom. The predicted molar refractivity (Wildman–Crippen MR) is 77.7 cm³/mol. The Balaban J connectivity index is 2.08. The number of hydrogen-bond donors (Lipinski definition) is 2. The van der Waals surface area contributed by atoms with Crippen LogP contribution in [0.2, 0.25) is 0 Å². The molecule has 1 aliphatic heterocycles. The molecular formula is C16H23NO3. The van der Waals surface area contributed by atoms with Gasteiger partial charge in [-0.2, -0.15) is 0 Å². The SMILES string of the molecule is CC(c1cccc(O)c1)N1CCCCC1CCC(=O)O. The van der Waals surface area contributed by atoms with E-state index >= 15 is 0 Å². The van der Waals surface area contributed by atoms with Gasteiger partial charge in [0, 0.05) is 18.5 Å². The van der Waals surface area contributed by atoms with Gasteiger partial charge in [-0.25, -0.2) is 0 Å². The van der Waals surface area contributed by atoms with Crippen LogP contribution in [0.4, 0.5) is 0 Å². The van der Waals surface area contributed by atoms with Crippen molar-refractivity contribution in [2.75, 3.05) is 6.54 Å². The van der Waals surface area contributed by atoms with Crippen LogP contribution in [0.1, 0.15) is 50.6 Å². The molecule has 0 radical (unpaired) electrons. The van der Waals surface area contributed by atoms with Crippen molar-refractivity contribution in [2.45, 2.75) is 51.1 Å². The van der Waals surface area contributed by atoms with E-state index in [1.165, 1.54) is 6.42 Å². The van der Waals surface area contributed by atoms with Crippen LogP contribution in [0, 0.1) is 0 Å². The largest absolute Gasteiger partial charge is 0.508 e. The molecule has 1 aromatic carbocycles. The van der Waals surface area contributed by atoms with Crippen LogP contribution in [0.15, 0.2) is 24.3 Å². The minimum Gasteiger partial charge on any atom is -0.508 e. The van der Waals surface area contributed by atoms with Crippen molar-refractivity contribution >= 4 is 5.97 Å². The number of carboxylic acids is 1. The first kappa shape index (κ1) is 14.9. The molecular weight excluding hydrogens is 254 g/mol. The Kier molecular flexibility index (Phi) is 5.01. The van der Waals surface area contributed by atoms with E-state index in [0.717, 1.165) is 24.9 Å². The highest BCUT2D eigenvalue weighted by molar-refractivity contribution is 5.66. The van der Waals surface area contributed by atoms with E-state index in [4.69, 9.17) is 5.11 Å². The average molecular weight is 277 g/mol. The standard InChI is InChI=1S/C16H23NO3/c1-12(13-5-4-7-15(18)11-13)17-10-3-2-6-14(17)8-9-16(19)20/h4-5,7,11-12,14,18H,2-3,6,8-10H2,1H3,(H,19,20). The number of carbonyl (C=O) groups is 1. The highest BCUT2D eigenvalue weighted by atomic mass is 16.4. The number of rotatable bonds is 5. The number of aromatic hydroxyl groups is 1. The van der Waals surface area contributed by atoms with Crippen molar-refractivity contribution in [3.8, 4) is 5.75 Å². The molecule has 1 heterocycles. The zero-order valence-corrected chi connectivity index (χ0v) is 12.0. The summed E-state index contributed by atoms with van der Waals surface area (Å²) in [7, 11) is 0. The quantitative estimate of drug-likeness (QED) is 0.868. The van der Waals surface area contributed by atoms with Crippen LogP contribution in [0.5, 0.6) is 5.75 Å². The van der Waals surface area contributed by atoms with Gasteiger partial charge in [0.2, 0.25) is 0 Å². The van der Waals surface area contributed by atoms with Crippen molar-refractivity contribution < 1.29 is 15.0 Å². The molecule has 2 atom stereocenters. The van der Waals surface area contributed by atoms with Crippen LogP contribution in [-0.4, -0.2) is 33.7 Å². The van der Waals surface area contributed by atoms with Gasteiger partial charge in [0.15, 0.2) is 0 Å². The minimum absolute atomic E-state index is 0.209. The number of phenolic OH excluding ortho intramolecular Hbond substituents is 1. The Bertz CT molecular complexity index is 461. The lowest BCUT2D eigenvalue weighted by Gasteiger charge is -2.40. The first-order chi connectivity index (χ1) is 9.58. The van der Waals surface area contributed by atoms with Crippen LogP contribution < -0.4 is 0 Å². The highest BCUT2D eigenvalue weighted by Gasteiger charge is 2.27. The van der Waals surface area contributed by atoms with Crippen LogP contribution in [0.3, 0.4) is 0 Å². The lowest BCUT2D eigenvalue weighted by atomic mass is 9.94. The molecule has 1 fully saturated rings. The summed E-state index contributed by atoms with van der Waals surface area (Å²) in [4.78, 5) is 13.2. The maximum atomic E-state index is 10.8. The van der Waals surface area contributed by atoms with E-state index in [2.05, 4.69) is 11.8 Å².